The first-order chi connectivity index (χ1) is 9.37. The van der Waals surface area contributed by atoms with Crippen LogP contribution in [0.4, 0.5) is 10.5 Å². The molecule has 0 saturated carbocycles. The monoisotopic (exact) mass is 275 g/mol. The second-order valence-corrected chi connectivity index (χ2v) is 5.89. The highest BCUT2D eigenvalue weighted by atomic mass is 16.6. The fraction of sp³-hybridized carbons (Fsp3) is 0.429. The molecule has 0 spiro atoms. The minimum atomic E-state index is -0.541. The summed E-state index contributed by atoms with van der Waals surface area (Å²) < 4.78 is 7.08. The quantitative estimate of drug-likeness (QED) is 0.800. The summed E-state index contributed by atoms with van der Waals surface area (Å²) in [6.45, 7) is 6.40. The summed E-state index contributed by atoms with van der Waals surface area (Å²) in [5, 5.41) is 0. The summed E-state index contributed by atoms with van der Waals surface area (Å²) in [6.07, 6.45) is -0.384. The molecule has 1 N–H and O–H groups in total. The number of ether oxygens (including phenoxy) is 1. The fourth-order valence-corrected chi connectivity index (χ4v) is 2.46. The minimum absolute atomic E-state index is 0.142. The van der Waals surface area contributed by atoms with Gasteiger partial charge in [-0.3, -0.25) is 9.47 Å². The van der Waals surface area contributed by atoms with Gasteiger partial charge in [0.05, 0.1) is 16.7 Å². The molecule has 3 rings (SSSR count). The van der Waals surface area contributed by atoms with Crippen molar-refractivity contribution in [3.05, 3.63) is 28.7 Å². The van der Waals surface area contributed by atoms with E-state index in [2.05, 4.69) is 4.98 Å². The lowest BCUT2D eigenvalue weighted by molar-refractivity contribution is 0.0578. The van der Waals surface area contributed by atoms with Crippen LogP contribution in [0.1, 0.15) is 20.8 Å². The van der Waals surface area contributed by atoms with Crippen LogP contribution < -0.4 is 10.6 Å². The average molecular weight is 275 g/mol. The molecule has 0 fully saturated rings. The van der Waals surface area contributed by atoms with Crippen LogP contribution in [0.15, 0.2) is 23.0 Å². The molecule has 1 aliphatic rings. The van der Waals surface area contributed by atoms with Gasteiger partial charge in [-0.15, -0.1) is 0 Å². The Labute approximate surface area is 115 Å². The van der Waals surface area contributed by atoms with Gasteiger partial charge in [0.25, 0.3) is 0 Å². The van der Waals surface area contributed by atoms with Gasteiger partial charge in [0, 0.05) is 13.1 Å². The second kappa shape index (κ2) is 4.13. The summed E-state index contributed by atoms with van der Waals surface area (Å²) in [5.41, 5.74) is 1.52. The van der Waals surface area contributed by atoms with Crippen LogP contribution in [0, 0.1) is 0 Å². The molecule has 0 bridgehead atoms. The van der Waals surface area contributed by atoms with Crippen LogP contribution >= 0.6 is 0 Å². The number of aromatic nitrogens is 2. The zero-order chi connectivity index (χ0) is 14.5. The van der Waals surface area contributed by atoms with Crippen molar-refractivity contribution in [2.24, 2.45) is 0 Å². The molecule has 0 atom stereocenters. The van der Waals surface area contributed by atoms with Gasteiger partial charge in [0.15, 0.2) is 0 Å². The van der Waals surface area contributed by atoms with E-state index < -0.39 is 5.60 Å². The first-order valence-corrected chi connectivity index (χ1v) is 6.59. The Balaban J connectivity index is 2.08. The Kier molecular flexibility index (Phi) is 2.64. The van der Waals surface area contributed by atoms with Crippen LogP contribution in [-0.4, -0.2) is 27.8 Å². The predicted octanol–water partition coefficient (Wildman–Crippen LogP) is 2.08. The second-order valence-electron chi connectivity index (χ2n) is 5.89. The maximum absolute atomic E-state index is 12.3. The Bertz CT molecular complexity index is 736. The number of H-pyrrole nitrogens is 1. The van der Waals surface area contributed by atoms with Crippen molar-refractivity contribution < 1.29 is 9.53 Å². The van der Waals surface area contributed by atoms with Gasteiger partial charge in [0.2, 0.25) is 0 Å². The van der Waals surface area contributed by atoms with E-state index >= 15 is 0 Å². The number of rotatable bonds is 0. The zero-order valence-electron chi connectivity index (χ0n) is 11.8. The number of para-hydroxylation sites is 1. The fourth-order valence-electron chi connectivity index (χ4n) is 2.46. The number of nitrogens with one attached hydrogen (secondary N) is 1. The van der Waals surface area contributed by atoms with Crippen LogP contribution in [0.2, 0.25) is 0 Å². The van der Waals surface area contributed by atoms with Crippen molar-refractivity contribution in [2.75, 3.05) is 11.4 Å². The number of imidazole rings is 1. The third kappa shape index (κ3) is 1.97. The number of benzene rings is 1. The lowest BCUT2D eigenvalue weighted by Crippen LogP contribution is -2.42. The van der Waals surface area contributed by atoms with E-state index in [-0.39, 0.29) is 11.8 Å². The normalized spacial score (nSPS) is 14.7. The van der Waals surface area contributed by atoms with Crippen molar-refractivity contribution in [2.45, 2.75) is 32.9 Å². The third-order valence-electron chi connectivity index (χ3n) is 3.22. The molecule has 2 aromatic rings. The van der Waals surface area contributed by atoms with Crippen molar-refractivity contribution in [1.82, 2.24) is 9.55 Å². The lowest BCUT2D eigenvalue weighted by Gasteiger charge is -2.30. The third-order valence-corrected chi connectivity index (χ3v) is 3.22. The smallest absolute Gasteiger partial charge is 0.414 e. The number of amides is 1. The Morgan fingerprint density at radius 2 is 2.05 bits per heavy atom. The molecule has 2 heterocycles. The van der Waals surface area contributed by atoms with E-state index in [1.807, 2.05) is 39.0 Å². The van der Waals surface area contributed by atoms with E-state index in [1.165, 1.54) is 0 Å². The maximum atomic E-state index is 12.3. The summed E-state index contributed by atoms with van der Waals surface area (Å²) in [6, 6.07) is 5.48. The standard InChI is InChI=1S/C14H17N3O3/c1-14(2,3)20-13(19)16-7-8-17-11-9(15-12(17)18)5-4-6-10(11)16/h4-6H,7-8H2,1-3H3,(H,15,18). The largest absolute Gasteiger partial charge is 0.443 e. The predicted molar refractivity (Wildman–Crippen MR) is 76.1 cm³/mol. The molecule has 0 aliphatic carbocycles. The molecule has 6 heteroatoms. The van der Waals surface area contributed by atoms with E-state index in [9.17, 15) is 9.59 Å². The topological polar surface area (TPSA) is 67.3 Å². The number of nitrogens with zero attached hydrogens (tertiary/aromatic N) is 2. The van der Waals surface area contributed by atoms with Gasteiger partial charge in [0.1, 0.15) is 5.60 Å². The van der Waals surface area contributed by atoms with Crippen LogP contribution in [-0.2, 0) is 11.3 Å². The minimum Gasteiger partial charge on any atom is -0.443 e. The van der Waals surface area contributed by atoms with E-state index in [4.69, 9.17) is 4.74 Å². The van der Waals surface area contributed by atoms with Crippen LogP contribution in [0.25, 0.3) is 11.0 Å². The highest BCUT2D eigenvalue weighted by Gasteiger charge is 2.29. The number of anilines is 1. The number of carbonyl (C=O) groups excluding carboxylic acids is 1. The van der Waals surface area contributed by atoms with Crippen LogP contribution in [0.3, 0.4) is 0 Å². The van der Waals surface area contributed by atoms with E-state index in [0.717, 1.165) is 11.0 Å². The maximum Gasteiger partial charge on any atom is 0.414 e. The molecule has 1 amide bonds. The van der Waals surface area contributed by atoms with E-state index in [0.29, 0.717) is 18.8 Å². The number of aromatic amines is 1. The number of hydrogen-bond acceptors (Lipinski definition) is 3. The van der Waals surface area contributed by atoms with Gasteiger partial charge >= 0.3 is 11.8 Å². The Morgan fingerprint density at radius 1 is 1.30 bits per heavy atom. The highest BCUT2D eigenvalue weighted by Crippen LogP contribution is 2.29. The Hall–Kier alpha value is -2.24. The molecular weight excluding hydrogens is 258 g/mol. The number of carbonyl (C=O) groups is 1. The lowest BCUT2D eigenvalue weighted by atomic mass is 10.2. The average Bonchev–Trinajstić information content (AvgIpc) is 2.66. The van der Waals surface area contributed by atoms with Gasteiger partial charge in [-0.2, -0.15) is 0 Å². The van der Waals surface area contributed by atoms with Gasteiger partial charge in [-0.05, 0) is 32.9 Å². The van der Waals surface area contributed by atoms with Gasteiger partial charge in [-0.25, -0.2) is 9.59 Å². The molecule has 1 aromatic heterocycles. The number of hydrogen-bond donors (Lipinski definition) is 1. The molecule has 0 radical (unpaired) electrons. The van der Waals surface area contributed by atoms with E-state index in [1.54, 1.807) is 9.47 Å². The van der Waals surface area contributed by atoms with Crippen molar-refractivity contribution in [3.8, 4) is 0 Å². The summed E-state index contributed by atoms with van der Waals surface area (Å²) in [7, 11) is 0. The highest BCUT2D eigenvalue weighted by molar-refractivity contribution is 5.99. The van der Waals surface area contributed by atoms with Crippen molar-refractivity contribution in [1.29, 1.82) is 0 Å². The molecule has 0 unspecified atom stereocenters. The molecular formula is C14H17N3O3. The molecule has 20 heavy (non-hydrogen) atoms. The van der Waals surface area contributed by atoms with Crippen molar-refractivity contribution >= 4 is 22.8 Å². The molecule has 6 nitrogen and oxygen atoms in total. The van der Waals surface area contributed by atoms with Gasteiger partial charge in [-0.1, -0.05) is 6.07 Å². The molecule has 106 valence electrons. The SMILES string of the molecule is CC(C)(C)OC(=O)N1CCn2c(=O)[nH]c3cccc1c32. The molecule has 0 saturated heterocycles. The van der Waals surface area contributed by atoms with Crippen molar-refractivity contribution in [3.63, 3.8) is 0 Å². The zero-order valence-corrected chi connectivity index (χ0v) is 11.8. The molecule has 1 aromatic carbocycles. The first kappa shape index (κ1) is 12.8. The summed E-state index contributed by atoms with van der Waals surface area (Å²) in [5.74, 6) is 0. The summed E-state index contributed by atoms with van der Waals surface area (Å²) >= 11 is 0. The van der Waals surface area contributed by atoms with Crippen LogP contribution in [0.5, 0.6) is 0 Å². The molecule has 1 aliphatic heterocycles. The van der Waals surface area contributed by atoms with Gasteiger partial charge < -0.3 is 9.72 Å². The first-order valence-electron chi connectivity index (χ1n) is 6.59. The summed E-state index contributed by atoms with van der Waals surface area (Å²) in [4.78, 5) is 28.5. The Morgan fingerprint density at radius 3 is 2.75 bits per heavy atom.